The van der Waals surface area contributed by atoms with Crippen molar-refractivity contribution in [1.82, 2.24) is 0 Å². The summed E-state index contributed by atoms with van der Waals surface area (Å²) in [6.07, 6.45) is 0. The van der Waals surface area contributed by atoms with Gasteiger partial charge in [-0.15, -0.1) is 11.3 Å². The van der Waals surface area contributed by atoms with Crippen molar-refractivity contribution in [2.45, 2.75) is 0 Å². The zero-order valence-electron chi connectivity index (χ0n) is 6.28. The van der Waals surface area contributed by atoms with Crippen molar-refractivity contribution in [2.24, 2.45) is 0 Å². The second-order valence-electron chi connectivity index (χ2n) is 2.49. The van der Waals surface area contributed by atoms with E-state index < -0.39 is 0 Å². The lowest BCUT2D eigenvalue weighted by molar-refractivity contribution is 1.83. The van der Waals surface area contributed by atoms with Gasteiger partial charge >= 0.3 is 0 Å². The molecular formula is C9H7NS2. The summed E-state index contributed by atoms with van der Waals surface area (Å²) in [6, 6.07) is 8.06. The van der Waals surface area contributed by atoms with Gasteiger partial charge in [0.2, 0.25) is 0 Å². The third kappa shape index (κ3) is 1.02. The number of nitrogens with two attached hydrogens (primary N) is 1. The van der Waals surface area contributed by atoms with Crippen molar-refractivity contribution < 1.29 is 0 Å². The number of rotatable bonds is 1. The highest BCUT2D eigenvalue weighted by Crippen LogP contribution is 2.31. The number of hydrogen-bond acceptors (Lipinski definition) is 3. The Morgan fingerprint density at radius 2 is 2.08 bits per heavy atom. The Hall–Kier alpha value is -0.930. The van der Waals surface area contributed by atoms with E-state index in [2.05, 4.69) is 6.07 Å². The van der Waals surface area contributed by atoms with Gasteiger partial charge in [-0.05, 0) is 6.07 Å². The Labute approximate surface area is 79.8 Å². The molecule has 1 nitrogen and oxygen atoms in total. The average Bonchev–Trinajstić information content (AvgIpc) is 2.44. The quantitative estimate of drug-likeness (QED) is 0.705. The first-order valence-electron chi connectivity index (χ1n) is 3.55. The molecule has 0 saturated heterocycles. The number of anilines is 1. The highest BCUT2D eigenvalue weighted by atomic mass is 32.1. The van der Waals surface area contributed by atoms with E-state index in [0.717, 1.165) is 16.0 Å². The highest BCUT2D eigenvalue weighted by molar-refractivity contribution is 7.79. The molecule has 0 amide bonds. The van der Waals surface area contributed by atoms with Crippen molar-refractivity contribution in [3.05, 3.63) is 29.1 Å². The summed E-state index contributed by atoms with van der Waals surface area (Å²) in [7, 11) is 0. The van der Waals surface area contributed by atoms with Gasteiger partial charge in [0.1, 0.15) is 0 Å². The second kappa shape index (κ2) is 2.84. The van der Waals surface area contributed by atoms with E-state index in [4.69, 9.17) is 18.0 Å². The minimum absolute atomic E-state index is 0.811. The molecule has 0 unspecified atom stereocenters. The molecule has 1 aromatic carbocycles. The van der Waals surface area contributed by atoms with Crippen LogP contribution in [0.1, 0.15) is 4.88 Å². The fraction of sp³-hybridized carbons (Fsp3) is 0. The predicted octanol–water partition coefficient (Wildman–Crippen LogP) is 2.83. The van der Waals surface area contributed by atoms with Gasteiger partial charge in [-0.1, -0.05) is 30.4 Å². The van der Waals surface area contributed by atoms with Gasteiger partial charge in [0.25, 0.3) is 0 Å². The lowest BCUT2D eigenvalue weighted by atomic mass is 10.2. The van der Waals surface area contributed by atoms with Crippen molar-refractivity contribution in [2.75, 3.05) is 5.73 Å². The molecule has 1 aromatic heterocycles. The van der Waals surface area contributed by atoms with Gasteiger partial charge < -0.3 is 5.73 Å². The highest BCUT2D eigenvalue weighted by Gasteiger charge is 2.04. The summed E-state index contributed by atoms with van der Waals surface area (Å²) in [5.41, 5.74) is 6.67. The zero-order valence-corrected chi connectivity index (χ0v) is 7.91. The average molecular weight is 193 g/mol. The van der Waals surface area contributed by atoms with Crippen LogP contribution in [0, 0.1) is 0 Å². The molecular weight excluding hydrogens is 186 g/mol. The van der Waals surface area contributed by atoms with Crippen LogP contribution in [-0.2, 0) is 0 Å². The summed E-state index contributed by atoms with van der Waals surface area (Å²) in [5.74, 6) is 0. The molecule has 0 aliphatic heterocycles. The Morgan fingerprint density at radius 1 is 1.33 bits per heavy atom. The van der Waals surface area contributed by atoms with Crippen LogP contribution in [0.5, 0.6) is 0 Å². The van der Waals surface area contributed by atoms with Crippen molar-refractivity contribution in [3.8, 4) is 0 Å². The zero-order chi connectivity index (χ0) is 8.55. The largest absolute Gasteiger partial charge is 0.397 e. The molecule has 1 heterocycles. The van der Waals surface area contributed by atoms with Gasteiger partial charge in [-0.2, -0.15) is 0 Å². The fourth-order valence-corrected chi connectivity index (χ4v) is 2.38. The number of benzene rings is 1. The number of fused-ring (bicyclic) bond motifs is 1. The Bertz CT molecular complexity index is 431. The Kier molecular flexibility index (Phi) is 1.83. The first-order valence-corrected chi connectivity index (χ1v) is 4.84. The SMILES string of the molecule is Nc1c(C=S)sc2ccccc12. The smallest absolute Gasteiger partial charge is 0.0619 e. The van der Waals surface area contributed by atoms with Gasteiger partial charge in [0, 0.05) is 15.5 Å². The molecule has 0 aliphatic carbocycles. The molecule has 0 saturated carbocycles. The molecule has 3 heteroatoms. The molecule has 0 spiro atoms. The van der Waals surface area contributed by atoms with Crippen molar-refractivity contribution in [1.29, 1.82) is 0 Å². The van der Waals surface area contributed by atoms with Crippen LogP contribution in [0.15, 0.2) is 24.3 Å². The molecule has 2 rings (SSSR count). The van der Waals surface area contributed by atoms with Crippen LogP contribution in [0.4, 0.5) is 5.69 Å². The summed E-state index contributed by atoms with van der Waals surface area (Å²) in [5, 5.41) is 2.75. The van der Waals surface area contributed by atoms with Crippen LogP contribution in [-0.4, -0.2) is 5.37 Å². The lowest BCUT2D eigenvalue weighted by Crippen LogP contribution is -1.85. The molecule has 0 fully saturated rings. The molecule has 0 bridgehead atoms. The molecule has 12 heavy (non-hydrogen) atoms. The van der Waals surface area contributed by atoms with E-state index in [-0.39, 0.29) is 0 Å². The van der Waals surface area contributed by atoms with Crippen LogP contribution in [0.2, 0.25) is 0 Å². The number of thiocarbonyl (C=S) groups is 1. The minimum Gasteiger partial charge on any atom is -0.397 e. The summed E-state index contributed by atoms with van der Waals surface area (Å²) in [6.45, 7) is 0. The predicted molar refractivity (Wildman–Crippen MR) is 59.0 cm³/mol. The summed E-state index contributed by atoms with van der Waals surface area (Å²) < 4.78 is 1.20. The second-order valence-corrected chi connectivity index (χ2v) is 3.81. The van der Waals surface area contributed by atoms with Crippen molar-refractivity contribution >= 4 is 44.7 Å². The topological polar surface area (TPSA) is 26.0 Å². The summed E-state index contributed by atoms with van der Waals surface area (Å²) >= 11 is 6.49. The maximum atomic E-state index is 5.86. The maximum absolute atomic E-state index is 5.86. The Morgan fingerprint density at radius 3 is 2.75 bits per heavy atom. The fourth-order valence-electron chi connectivity index (χ4n) is 1.17. The van der Waals surface area contributed by atoms with Gasteiger partial charge in [-0.3, -0.25) is 0 Å². The maximum Gasteiger partial charge on any atom is 0.0619 e. The first-order chi connectivity index (χ1) is 5.83. The van der Waals surface area contributed by atoms with E-state index in [1.807, 2.05) is 18.2 Å². The summed E-state index contributed by atoms with van der Waals surface area (Å²) in [4.78, 5) is 0.992. The molecule has 0 aliphatic rings. The van der Waals surface area contributed by atoms with Crippen LogP contribution in [0.3, 0.4) is 0 Å². The Balaban J connectivity index is 2.87. The van der Waals surface area contributed by atoms with E-state index >= 15 is 0 Å². The third-order valence-electron chi connectivity index (χ3n) is 1.77. The third-order valence-corrected chi connectivity index (χ3v) is 3.29. The standard InChI is InChI=1S/C9H7NS2/c10-9-6-3-1-2-4-7(6)12-8(9)5-11/h1-5H,10H2. The van der Waals surface area contributed by atoms with Gasteiger partial charge in [0.05, 0.1) is 10.6 Å². The normalized spacial score (nSPS) is 10.3. The molecule has 2 N–H and O–H groups in total. The van der Waals surface area contributed by atoms with Crippen LogP contribution in [0.25, 0.3) is 10.1 Å². The molecule has 0 radical (unpaired) electrons. The van der Waals surface area contributed by atoms with Crippen molar-refractivity contribution in [3.63, 3.8) is 0 Å². The monoisotopic (exact) mass is 193 g/mol. The van der Waals surface area contributed by atoms with Gasteiger partial charge in [0.15, 0.2) is 0 Å². The number of nitrogen functional groups attached to an aromatic ring is 1. The first kappa shape index (κ1) is 7.71. The van der Waals surface area contributed by atoms with E-state index in [0.29, 0.717) is 0 Å². The molecule has 0 atom stereocenters. The number of hydrogen-bond donors (Lipinski definition) is 1. The van der Waals surface area contributed by atoms with Gasteiger partial charge in [-0.25, -0.2) is 0 Å². The molecule has 60 valence electrons. The van der Waals surface area contributed by atoms with Crippen LogP contribution >= 0.6 is 23.6 Å². The molecule has 2 aromatic rings. The van der Waals surface area contributed by atoms with E-state index in [9.17, 15) is 0 Å². The number of thiophene rings is 1. The lowest BCUT2D eigenvalue weighted by Gasteiger charge is -1.89. The van der Waals surface area contributed by atoms with Crippen LogP contribution < -0.4 is 5.73 Å². The van der Waals surface area contributed by atoms with E-state index in [1.54, 1.807) is 16.7 Å². The van der Waals surface area contributed by atoms with E-state index in [1.165, 1.54) is 4.70 Å². The minimum atomic E-state index is 0.811.